The zero-order valence-electron chi connectivity index (χ0n) is 6.45. The second-order valence-corrected chi connectivity index (χ2v) is 4.75. The monoisotopic (exact) mass is 263 g/mol. The summed E-state index contributed by atoms with van der Waals surface area (Å²) in [6.07, 6.45) is 0. The zero-order chi connectivity index (χ0) is 8.39. The number of rotatable bonds is 1. The molecule has 0 saturated heterocycles. The van der Waals surface area contributed by atoms with Crippen molar-refractivity contribution in [3.8, 4) is 0 Å². The summed E-state index contributed by atoms with van der Waals surface area (Å²) in [4.78, 5) is 0. The molecule has 0 amide bonds. The van der Waals surface area contributed by atoms with E-state index in [-0.39, 0.29) is 0 Å². The molecule has 1 radical (unpaired) electrons. The van der Waals surface area contributed by atoms with Crippen LogP contribution in [0.15, 0.2) is 42.5 Å². The molecule has 0 aromatic heterocycles. The molecule has 0 bridgehead atoms. The van der Waals surface area contributed by atoms with Gasteiger partial charge in [0, 0.05) is 0 Å². The Morgan fingerprint density at radius 3 is 2.50 bits per heavy atom. The Labute approximate surface area is 81.0 Å². The van der Waals surface area contributed by atoms with Crippen LogP contribution in [0.2, 0.25) is 0 Å². The maximum absolute atomic E-state index is 10.9. The van der Waals surface area contributed by atoms with Crippen molar-refractivity contribution in [1.29, 1.82) is 0 Å². The number of fused-ring (bicyclic) bond motifs is 1. The van der Waals surface area contributed by atoms with Gasteiger partial charge >= 0.3 is 81.0 Å². The van der Waals surface area contributed by atoms with Crippen LogP contribution in [0.5, 0.6) is 0 Å². The van der Waals surface area contributed by atoms with Crippen LogP contribution in [-0.4, -0.2) is 21.1 Å². The van der Waals surface area contributed by atoms with Gasteiger partial charge in [-0.25, -0.2) is 0 Å². The van der Waals surface area contributed by atoms with Crippen LogP contribution in [0.3, 0.4) is 0 Å². The molecule has 12 heavy (non-hydrogen) atoms. The Kier molecular flexibility index (Phi) is 2.21. The van der Waals surface area contributed by atoms with Crippen molar-refractivity contribution in [2.24, 2.45) is 0 Å². The van der Waals surface area contributed by atoms with Crippen LogP contribution in [-0.2, 0) is 3.08 Å². The standard InChI is InChI=1S/C10H7.O.Sn/c1-2-6-10-8-4-3-7-9(10)5-1;;/h1-7H;;. The van der Waals surface area contributed by atoms with Crippen LogP contribution < -0.4 is 3.58 Å². The van der Waals surface area contributed by atoms with Crippen molar-refractivity contribution >= 4 is 35.5 Å². The van der Waals surface area contributed by atoms with Crippen molar-refractivity contribution in [2.45, 2.75) is 0 Å². The Hall–Kier alpha value is -0.701. The third-order valence-corrected chi connectivity index (χ3v) is 3.77. The number of benzene rings is 2. The fraction of sp³-hybridized carbons (Fsp3) is 0. The topological polar surface area (TPSA) is 17.1 Å². The molecule has 0 fully saturated rings. The second-order valence-electron chi connectivity index (χ2n) is 2.63. The molecule has 0 aliphatic heterocycles. The second kappa shape index (κ2) is 3.35. The molecule has 0 spiro atoms. The summed E-state index contributed by atoms with van der Waals surface area (Å²) >= 11 is -1.54. The van der Waals surface area contributed by atoms with Gasteiger partial charge in [-0.15, -0.1) is 0 Å². The van der Waals surface area contributed by atoms with Crippen molar-refractivity contribution < 1.29 is 3.08 Å². The molecule has 2 rings (SSSR count). The van der Waals surface area contributed by atoms with Crippen LogP contribution in [0.4, 0.5) is 0 Å². The van der Waals surface area contributed by atoms with Gasteiger partial charge in [-0.05, 0) is 0 Å². The molecule has 57 valence electrons. The summed E-state index contributed by atoms with van der Waals surface area (Å²) in [5, 5.41) is 2.34. The van der Waals surface area contributed by atoms with Gasteiger partial charge in [0.25, 0.3) is 0 Å². The van der Waals surface area contributed by atoms with Gasteiger partial charge in [-0.1, -0.05) is 0 Å². The van der Waals surface area contributed by atoms with Crippen LogP contribution in [0, 0.1) is 0 Å². The summed E-state index contributed by atoms with van der Waals surface area (Å²) < 4.78 is 12.0. The van der Waals surface area contributed by atoms with Crippen LogP contribution in [0.25, 0.3) is 10.8 Å². The zero-order valence-corrected chi connectivity index (χ0v) is 9.30. The van der Waals surface area contributed by atoms with Gasteiger partial charge in [0.15, 0.2) is 0 Å². The minimum atomic E-state index is -1.54. The molecule has 0 saturated carbocycles. The molecule has 1 nitrogen and oxygen atoms in total. The summed E-state index contributed by atoms with van der Waals surface area (Å²) in [5.74, 6) is 0. The molecule has 2 aromatic carbocycles. The third-order valence-electron chi connectivity index (χ3n) is 1.90. The quantitative estimate of drug-likeness (QED) is 0.712. The van der Waals surface area contributed by atoms with E-state index >= 15 is 0 Å². The van der Waals surface area contributed by atoms with E-state index in [2.05, 4.69) is 0 Å². The van der Waals surface area contributed by atoms with Gasteiger partial charge in [0.05, 0.1) is 0 Å². The van der Waals surface area contributed by atoms with Gasteiger partial charge in [0.1, 0.15) is 0 Å². The molecule has 2 heteroatoms. The molecule has 0 heterocycles. The molecule has 0 atom stereocenters. The molecular weight excluding hydrogens is 255 g/mol. The van der Waals surface area contributed by atoms with E-state index in [1.54, 1.807) is 0 Å². The molecule has 0 unspecified atom stereocenters. The van der Waals surface area contributed by atoms with Crippen molar-refractivity contribution in [1.82, 2.24) is 0 Å². The summed E-state index contributed by atoms with van der Waals surface area (Å²) in [5.41, 5.74) is 0. The first-order valence-electron chi connectivity index (χ1n) is 3.78. The fourth-order valence-electron chi connectivity index (χ4n) is 1.31. The van der Waals surface area contributed by atoms with E-state index in [0.717, 1.165) is 8.97 Å². The summed E-state index contributed by atoms with van der Waals surface area (Å²) in [6, 6.07) is 14.0. The number of hydrogen-bond acceptors (Lipinski definition) is 1. The fourth-order valence-corrected chi connectivity index (χ4v) is 2.75. The maximum atomic E-state index is 10.9. The molecule has 0 N–H and O–H groups in total. The van der Waals surface area contributed by atoms with Gasteiger partial charge in [-0.2, -0.15) is 0 Å². The molecule has 2 aromatic rings. The van der Waals surface area contributed by atoms with E-state index in [1.807, 2.05) is 42.5 Å². The normalized spacial score (nSPS) is 10.0. The Morgan fingerprint density at radius 2 is 1.67 bits per heavy atom. The molecule has 0 aliphatic rings. The van der Waals surface area contributed by atoms with Crippen LogP contribution >= 0.6 is 0 Å². The molecular formula is C10H7OSn. The van der Waals surface area contributed by atoms with E-state index in [4.69, 9.17) is 0 Å². The summed E-state index contributed by atoms with van der Waals surface area (Å²) in [7, 11) is 0. The first kappa shape index (κ1) is 7.92. The van der Waals surface area contributed by atoms with E-state index in [1.165, 1.54) is 5.39 Å². The van der Waals surface area contributed by atoms with E-state index < -0.39 is 21.1 Å². The predicted molar refractivity (Wildman–Crippen MR) is 50.0 cm³/mol. The Bertz CT molecular complexity index is 418. The number of hydrogen-bond donors (Lipinski definition) is 0. The Morgan fingerprint density at radius 1 is 0.917 bits per heavy atom. The molecule has 0 aliphatic carbocycles. The van der Waals surface area contributed by atoms with Crippen molar-refractivity contribution in [2.75, 3.05) is 0 Å². The first-order chi connectivity index (χ1) is 5.92. The average Bonchev–Trinajstić information content (AvgIpc) is 2.17. The minimum absolute atomic E-state index is 1.05. The van der Waals surface area contributed by atoms with Crippen LogP contribution in [0.1, 0.15) is 0 Å². The summed E-state index contributed by atoms with van der Waals surface area (Å²) in [6.45, 7) is 0. The Balaban J connectivity index is 2.88. The SMILES string of the molecule is [O]=[Sn][c]1cccc2ccccc12. The van der Waals surface area contributed by atoms with E-state index in [0.29, 0.717) is 0 Å². The van der Waals surface area contributed by atoms with E-state index in [9.17, 15) is 3.08 Å². The third kappa shape index (κ3) is 1.29. The van der Waals surface area contributed by atoms with Crippen molar-refractivity contribution in [3.05, 3.63) is 42.5 Å². The van der Waals surface area contributed by atoms with Gasteiger partial charge < -0.3 is 0 Å². The predicted octanol–water partition coefficient (Wildman–Crippen LogP) is 1.51. The van der Waals surface area contributed by atoms with Gasteiger partial charge in [-0.3, -0.25) is 0 Å². The van der Waals surface area contributed by atoms with Gasteiger partial charge in [0.2, 0.25) is 0 Å². The van der Waals surface area contributed by atoms with Crippen molar-refractivity contribution in [3.63, 3.8) is 0 Å². The average molecular weight is 262 g/mol. The first-order valence-corrected chi connectivity index (χ1v) is 6.37.